The van der Waals surface area contributed by atoms with E-state index in [0.29, 0.717) is 18.4 Å². The van der Waals surface area contributed by atoms with E-state index in [4.69, 9.17) is 10.5 Å². The zero-order chi connectivity index (χ0) is 12.5. The first-order chi connectivity index (χ1) is 8.27. The van der Waals surface area contributed by atoms with Crippen molar-refractivity contribution in [3.8, 4) is 5.88 Å². The van der Waals surface area contributed by atoms with E-state index in [9.17, 15) is 0 Å². The van der Waals surface area contributed by atoms with Crippen molar-refractivity contribution in [2.75, 3.05) is 13.7 Å². The van der Waals surface area contributed by atoms with Crippen LogP contribution in [-0.4, -0.2) is 24.6 Å². The molecule has 0 unspecified atom stereocenters. The molecule has 0 aliphatic heterocycles. The van der Waals surface area contributed by atoms with Crippen molar-refractivity contribution in [1.82, 2.24) is 10.3 Å². The lowest BCUT2D eigenvalue weighted by atomic mass is 10.3. The van der Waals surface area contributed by atoms with E-state index in [0.717, 1.165) is 24.9 Å². The van der Waals surface area contributed by atoms with Gasteiger partial charge in [0.2, 0.25) is 5.88 Å². The van der Waals surface area contributed by atoms with Crippen LogP contribution in [0.2, 0.25) is 0 Å². The van der Waals surface area contributed by atoms with Crippen LogP contribution >= 0.6 is 24.0 Å². The molecular weight excluding hydrogens is 343 g/mol. The van der Waals surface area contributed by atoms with Gasteiger partial charge in [-0.1, -0.05) is 19.4 Å². The number of unbranched alkanes of at least 4 members (excludes halogenated alkanes) is 1. The molecule has 1 heterocycles. The van der Waals surface area contributed by atoms with Crippen molar-refractivity contribution in [1.29, 1.82) is 0 Å². The number of guanidine groups is 1. The Labute approximate surface area is 125 Å². The van der Waals surface area contributed by atoms with Crippen molar-refractivity contribution in [2.45, 2.75) is 26.3 Å². The monoisotopic (exact) mass is 364 g/mol. The maximum absolute atomic E-state index is 5.73. The minimum absolute atomic E-state index is 0. The summed E-state index contributed by atoms with van der Waals surface area (Å²) in [6.45, 7) is 3.47. The van der Waals surface area contributed by atoms with Crippen LogP contribution in [0, 0.1) is 0 Å². The Morgan fingerprint density at radius 1 is 1.56 bits per heavy atom. The molecule has 18 heavy (non-hydrogen) atoms. The molecule has 0 saturated carbocycles. The van der Waals surface area contributed by atoms with E-state index in [2.05, 4.69) is 22.2 Å². The highest BCUT2D eigenvalue weighted by Crippen LogP contribution is 2.14. The fourth-order valence-electron chi connectivity index (χ4n) is 1.35. The fourth-order valence-corrected chi connectivity index (χ4v) is 1.35. The second-order valence-corrected chi connectivity index (χ2v) is 3.65. The molecule has 0 saturated heterocycles. The van der Waals surface area contributed by atoms with Crippen molar-refractivity contribution >= 4 is 29.9 Å². The normalized spacial score (nSPS) is 10.7. The largest absolute Gasteiger partial charge is 0.481 e. The van der Waals surface area contributed by atoms with E-state index < -0.39 is 0 Å². The number of hydrogen-bond acceptors (Lipinski definition) is 3. The van der Waals surface area contributed by atoms with Gasteiger partial charge in [-0.15, -0.1) is 24.0 Å². The van der Waals surface area contributed by atoms with Gasteiger partial charge in [0.05, 0.1) is 13.7 Å². The Bertz CT molecular complexity index is 371. The van der Waals surface area contributed by atoms with Crippen molar-refractivity contribution in [3.05, 3.63) is 23.9 Å². The SMILES string of the molecule is CCCCNC(N)=NCc1cccnc1OC.I. The van der Waals surface area contributed by atoms with Crippen LogP contribution in [0.25, 0.3) is 0 Å². The van der Waals surface area contributed by atoms with Crippen LogP contribution in [0.4, 0.5) is 0 Å². The zero-order valence-corrected chi connectivity index (χ0v) is 13.2. The lowest BCUT2D eigenvalue weighted by Crippen LogP contribution is -2.32. The number of nitrogens with zero attached hydrogens (tertiary/aromatic N) is 2. The Kier molecular flexibility index (Phi) is 9.35. The molecule has 6 heteroatoms. The van der Waals surface area contributed by atoms with E-state index in [1.807, 2.05) is 12.1 Å². The first-order valence-electron chi connectivity index (χ1n) is 5.79. The molecule has 1 rings (SSSR count). The number of pyridine rings is 1. The lowest BCUT2D eigenvalue weighted by molar-refractivity contribution is 0.392. The number of aliphatic imine (C=N–C) groups is 1. The minimum Gasteiger partial charge on any atom is -0.481 e. The second-order valence-electron chi connectivity index (χ2n) is 3.65. The predicted octanol–water partition coefficient (Wildman–Crippen LogP) is 1.91. The summed E-state index contributed by atoms with van der Waals surface area (Å²) < 4.78 is 5.13. The van der Waals surface area contributed by atoms with Gasteiger partial charge in [-0.05, 0) is 12.5 Å². The summed E-state index contributed by atoms with van der Waals surface area (Å²) in [5.74, 6) is 1.06. The summed E-state index contributed by atoms with van der Waals surface area (Å²) in [5.41, 5.74) is 6.66. The van der Waals surface area contributed by atoms with E-state index in [1.165, 1.54) is 0 Å². The number of hydrogen-bond donors (Lipinski definition) is 2. The molecule has 5 nitrogen and oxygen atoms in total. The first-order valence-corrected chi connectivity index (χ1v) is 5.79. The number of halogens is 1. The molecule has 1 aromatic heterocycles. The average molecular weight is 364 g/mol. The number of ether oxygens (including phenoxy) is 1. The standard InChI is InChI=1S/C12H20N4O.HI/c1-3-4-7-15-12(13)16-9-10-6-5-8-14-11(10)17-2;/h5-6,8H,3-4,7,9H2,1-2H3,(H3,13,15,16);1H. The van der Waals surface area contributed by atoms with Crippen LogP contribution in [0.5, 0.6) is 5.88 Å². The highest BCUT2D eigenvalue weighted by atomic mass is 127. The summed E-state index contributed by atoms with van der Waals surface area (Å²) in [6.07, 6.45) is 3.91. The Balaban J connectivity index is 0.00000289. The molecule has 0 atom stereocenters. The number of rotatable bonds is 6. The molecule has 0 radical (unpaired) electrons. The number of methoxy groups -OCH3 is 1. The van der Waals surface area contributed by atoms with Crippen LogP contribution in [0.1, 0.15) is 25.3 Å². The first kappa shape index (κ1) is 16.9. The summed E-state index contributed by atoms with van der Waals surface area (Å²) in [5, 5.41) is 3.06. The molecule has 0 bridgehead atoms. The smallest absolute Gasteiger partial charge is 0.218 e. The van der Waals surface area contributed by atoms with E-state index in [-0.39, 0.29) is 24.0 Å². The highest BCUT2D eigenvalue weighted by Gasteiger charge is 2.01. The molecular formula is C12H21IN4O. The van der Waals surface area contributed by atoms with Gasteiger partial charge in [-0.3, -0.25) is 0 Å². The molecule has 102 valence electrons. The summed E-state index contributed by atoms with van der Waals surface area (Å²) >= 11 is 0. The average Bonchev–Trinajstić information content (AvgIpc) is 2.37. The Hall–Kier alpha value is -1.05. The third-order valence-corrected chi connectivity index (χ3v) is 2.30. The second kappa shape index (κ2) is 9.93. The van der Waals surface area contributed by atoms with Crippen molar-refractivity contribution < 1.29 is 4.74 Å². The van der Waals surface area contributed by atoms with Crippen LogP contribution in [0.3, 0.4) is 0 Å². The summed E-state index contributed by atoms with van der Waals surface area (Å²) in [4.78, 5) is 8.34. The van der Waals surface area contributed by atoms with Gasteiger partial charge >= 0.3 is 0 Å². The lowest BCUT2D eigenvalue weighted by Gasteiger charge is -2.06. The van der Waals surface area contributed by atoms with Gasteiger partial charge in [0.25, 0.3) is 0 Å². The number of aromatic nitrogens is 1. The van der Waals surface area contributed by atoms with Gasteiger partial charge in [-0.25, -0.2) is 9.98 Å². The van der Waals surface area contributed by atoms with E-state index in [1.54, 1.807) is 13.3 Å². The molecule has 0 aliphatic rings. The van der Waals surface area contributed by atoms with Crippen LogP contribution in [0.15, 0.2) is 23.3 Å². The third-order valence-electron chi connectivity index (χ3n) is 2.30. The topological polar surface area (TPSA) is 72.5 Å². The maximum atomic E-state index is 5.73. The van der Waals surface area contributed by atoms with Gasteiger partial charge in [0, 0.05) is 18.3 Å². The van der Waals surface area contributed by atoms with Gasteiger partial charge in [0.1, 0.15) is 0 Å². The fraction of sp³-hybridized carbons (Fsp3) is 0.500. The van der Waals surface area contributed by atoms with Crippen LogP contribution in [-0.2, 0) is 6.54 Å². The van der Waals surface area contributed by atoms with Crippen molar-refractivity contribution in [2.24, 2.45) is 10.7 Å². The molecule has 3 N–H and O–H groups in total. The minimum atomic E-state index is 0. The third kappa shape index (κ3) is 6.04. The summed E-state index contributed by atoms with van der Waals surface area (Å²) in [6, 6.07) is 3.78. The quantitative estimate of drug-likeness (QED) is 0.350. The maximum Gasteiger partial charge on any atom is 0.218 e. The Morgan fingerprint density at radius 2 is 2.33 bits per heavy atom. The highest BCUT2D eigenvalue weighted by molar-refractivity contribution is 14.0. The molecule has 0 spiro atoms. The molecule has 0 aromatic carbocycles. The zero-order valence-electron chi connectivity index (χ0n) is 10.8. The Morgan fingerprint density at radius 3 is 3.00 bits per heavy atom. The molecule has 1 aromatic rings. The molecule has 0 amide bonds. The number of nitrogens with two attached hydrogens (primary N) is 1. The molecule has 0 fully saturated rings. The number of nitrogens with one attached hydrogen (secondary N) is 1. The van der Waals surface area contributed by atoms with Gasteiger partial charge in [0.15, 0.2) is 5.96 Å². The van der Waals surface area contributed by atoms with Crippen LogP contribution < -0.4 is 15.8 Å². The van der Waals surface area contributed by atoms with Crippen molar-refractivity contribution in [3.63, 3.8) is 0 Å². The summed E-state index contributed by atoms with van der Waals surface area (Å²) in [7, 11) is 1.60. The van der Waals surface area contributed by atoms with Gasteiger partial charge in [-0.2, -0.15) is 0 Å². The molecule has 0 aliphatic carbocycles. The van der Waals surface area contributed by atoms with E-state index >= 15 is 0 Å². The predicted molar refractivity (Wildman–Crippen MR) is 84.4 cm³/mol. The van der Waals surface area contributed by atoms with Gasteiger partial charge < -0.3 is 15.8 Å².